The number of carbonyl (C=O) groups is 1. The lowest BCUT2D eigenvalue weighted by atomic mass is 9.94. The molecule has 148 valence electrons. The lowest BCUT2D eigenvalue weighted by molar-refractivity contribution is 0.119. The van der Waals surface area contributed by atoms with Crippen molar-refractivity contribution in [3.8, 4) is 11.8 Å². The quantitative estimate of drug-likeness (QED) is 0.724. The highest BCUT2D eigenvalue weighted by molar-refractivity contribution is 5.65. The van der Waals surface area contributed by atoms with Crippen LogP contribution in [0.15, 0.2) is 18.2 Å². The van der Waals surface area contributed by atoms with Gasteiger partial charge in [0.15, 0.2) is 0 Å². The van der Waals surface area contributed by atoms with E-state index in [0.29, 0.717) is 31.5 Å². The Bertz CT molecular complexity index is 686. The summed E-state index contributed by atoms with van der Waals surface area (Å²) < 4.78 is 6.06. The third kappa shape index (κ3) is 6.06. The average Bonchev–Trinajstić information content (AvgIpc) is 2.62. The molecule has 1 aromatic carbocycles. The molecule has 0 aliphatic carbocycles. The Kier molecular flexibility index (Phi) is 6.95. The summed E-state index contributed by atoms with van der Waals surface area (Å²) >= 11 is 0. The van der Waals surface area contributed by atoms with Crippen molar-refractivity contribution in [2.24, 2.45) is 5.92 Å². The van der Waals surface area contributed by atoms with Crippen LogP contribution in [0, 0.1) is 17.2 Å². The standard InChI is InChI=1S/C21H31N3O3/c1-15(2)18-13-17(23-21(3,4)14-22)5-6-19(18)27-12-9-16-7-10-24(11-8-16)20(25)26/h5-6,13,15-16,23H,7-12H2,1-4H3,(H,25,26). The molecule has 0 radical (unpaired) electrons. The van der Waals surface area contributed by atoms with Gasteiger partial charge in [0, 0.05) is 18.8 Å². The second kappa shape index (κ2) is 8.98. The second-order valence-electron chi connectivity index (χ2n) is 8.12. The molecule has 2 N–H and O–H groups in total. The Morgan fingerprint density at radius 2 is 2.07 bits per heavy atom. The van der Waals surface area contributed by atoms with Crippen molar-refractivity contribution < 1.29 is 14.6 Å². The fourth-order valence-corrected chi connectivity index (χ4v) is 3.35. The summed E-state index contributed by atoms with van der Waals surface area (Å²) in [7, 11) is 0. The van der Waals surface area contributed by atoms with Crippen molar-refractivity contribution in [3.05, 3.63) is 23.8 Å². The summed E-state index contributed by atoms with van der Waals surface area (Å²) in [6.07, 6.45) is 1.92. The molecular formula is C21H31N3O3. The van der Waals surface area contributed by atoms with Crippen molar-refractivity contribution in [2.75, 3.05) is 25.0 Å². The molecule has 0 spiro atoms. The van der Waals surface area contributed by atoms with Crippen LogP contribution in [0.4, 0.5) is 10.5 Å². The first-order valence-electron chi connectivity index (χ1n) is 9.66. The number of amides is 1. The Balaban J connectivity index is 1.92. The zero-order valence-corrected chi connectivity index (χ0v) is 16.8. The number of nitriles is 1. The predicted molar refractivity (Wildman–Crippen MR) is 106 cm³/mol. The summed E-state index contributed by atoms with van der Waals surface area (Å²) in [5.74, 6) is 1.71. The van der Waals surface area contributed by atoms with Crippen molar-refractivity contribution in [1.29, 1.82) is 5.26 Å². The van der Waals surface area contributed by atoms with E-state index in [1.165, 1.54) is 4.90 Å². The summed E-state index contributed by atoms with van der Waals surface area (Å²) in [6, 6.07) is 8.23. The first-order chi connectivity index (χ1) is 12.7. The van der Waals surface area contributed by atoms with E-state index in [1.54, 1.807) is 0 Å². The number of carboxylic acid groups (broad SMARTS) is 1. The molecule has 1 heterocycles. The fraction of sp³-hybridized carbons (Fsp3) is 0.619. The number of rotatable bonds is 7. The van der Waals surface area contributed by atoms with E-state index in [-0.39, 0.29) is 0 Å². The second-order valence-corrected chi connectivity index (χ2v) is 8.12. The maximum Gasteiger partial charge on any atom is 0.407 e. The van der Waals surface area contributed by atoms with Gasteiger partial charge in [-0.1, -0.05) is 13.8 Å². The summed E-state index contributed by atoms with van der Waals surface area (Å²) in [5.41, 5.74) is 1.41. The van der Waals surface area contributed by atoms with Crippen LogP contribution in [0.2, 0.25) is 0 Å². The van der Waals surface area contributed by atoms with Crippen molar-refractivity contribution in [1.82, 2.24) is 4.90 Å². The van der Waals surface area contributed by atoms with Gasteiger partial charge in [-0.3, -0.25) is 0 Å². The highest BCUT2D eigenvalue weighted by Gasteiger charge is 2.22. The topological polar surface area (TPSA) is 85.6 Å². The molecule has 1 aliphatic heterocycles. The van der Waals surface area contributed by atoms with E-state index >= 15 is 0 Å². The number of likely N-dealkylation sites (tertiary alicyclic amines) is 1. The minimum atomic E-state index is -0.820. The number of nitrogens with one attached hydrogen (secondary N) is 1. The van der Waals surface area contributed by atoms with Gasteiger partial charge in [-0.25, -0.2) is 4.79 Å². The van der Waals surface area contributed by atoms with Crippen LogP contribution in [0.3, 0.4) is 0 Å². The summed E-state index contributed by atoms with van der Waals surface area (Å²) in [6.45, 7) is 9.82. The van der Waals surface area contributed by atoms with Crippen molar-refractivity contribution in [2.45, 2.75) is 58.4 Å². The molecule has 6 heteroatoms. The molecule has 0 saturated carbocycles. The fourth-order valence-electron chi connectivity index (χ4n) is 3.35. The van der Waals surface area contributed by atoms with Crippen LogP contribution in [-0.2, 0) is 0 Å². The van der Waals surface area contributed by atoms with Gasteiger partial charge in [0.1, 0.15) is 11.3 Å². The molecule has 6 nitrogen and oxygen atoms in total. The van der Waals surface area contributed by atoms with Gasteiger partial charge >= 0.3 is 6.09 Å². The molecule has 0 atom stereocenters. The van der Waals surface area contributed by atoms with Gasteiger partial charge in [0.25, 0.3) is 0 Å². The number of anilines is 1. The number of benzene rings is 1. The molecule has 2 rings (SSSR count). The summed E-state index contributed by atoms with van der Waals surface area (Å²) in [4.78, 5) is 12.5. The van der Waals surface area contributed by atoms with E-state index < -0.39 is 11.6 Å². The minimum Gasteiger partial charge on any atom is -0.493 e. The van der Waals surface area contributed by atoms with E-state index in [4.69, 9.17) is 9.84 Å². The van der Waals surface area contributed by atoms with E-state index in [0.717, 1.165) is 36.3 Å². The van der Waals surface area contributed by atoms with Crippen LogP contribution in [0.25, 0.3) is 0 Å². The molecule has 1 saturated heterocycles. The number of nitrogens with zero attached hydrogens (tertiary/aromatic N) is 2. The van der Waals surface area contributed by atoms with Crippen LogP contribution in [-0.4, -0.2) is 41.3 Å². The lowest BCUT2D eigenvalue weighted by Crippen LogP contribution is -2.37. The Hall–Kier alpha value is -2.42. The predicted octanol–water partition coefficient (Wildman–Crippen LogP) is 4.68. The molecular weight excluding hydrogens is 342 g/mol. The van der Waals surface area contributed by atoms with Crippen molar-refractivity contribution in [3.63, 3.8) is 0 Å². The first-order valence-corrected chi connectivity index (χ1v) is 9.66. The Labute approximate surface area is 162 Å². The van der Waals surface area contributed by atoms with E-state index in [1.807, 2.05) is 26.0 Å². The third-order valence-corrected chi connectivity index (χ3v) is 5.04. The van der Waals surface area contributed by atoms with Gasteiger partial charge in [-0.05, 0) is 68.7 Å². The Morgan fingerprint density at radius 3 is 2.63 bits per heavy atom. The SMILES string of the molecule is CC(C)c1cc(NC(C)(C)C#N)ccc1OCCC1CCN(C(=O)O)CC1. The maximum atomic E-state index is 11.0. The zero-order valence-electron chi connectivity index (χ0n) is 16.8. The van der Waals surface area contributed by atoms with Gasteiger partial charge in [-0.15, -0.1) is 0 Å². The lowest BCUT2D eigenvalue weighted by Gasteiger charge is -2.30. The van der Waals surface area contributed by atoms with E-state index in [9.17, 15) is 10.1 Å². The van der Waals surface area contributed by atoms with Gasteiger partial charge < -0.3 is 20.1 Å². The maximum absolute atomic E-state index is 11.0. The van der Waals surface area contributed by atoms with Crippen LogP contribution in [0.5, 0.6) is 5.75 Å². The highest BCUT2D eigenvalue weighted by atomic mass is 16.5. The number of piperidine rings is 1. The molecule has 0 aromatic heterocycles. The third-order valence-electron chi connectivity index (χ3n) is 5.04. The van der Waals surface area contributed by atoms with Crippen LogP contribution < -0.4 is 10.1 Å². The first kappa shape index (κ1) is 20.9. The minimum absolute atomic E-state index is 0.311. The normalized spacial score (nSPS) is 15.5. The molecule has 0 bridgehead atoms. The molecule has 1 amide bonds. The largest absolute Gasteiger partial charge is 0.493 e. The van der Waals surface area contributed by atoms with Gasteiger partial charge in [0.05, 0.1) is 12.7 Å². The molecule has 0 unspecified atom stereocenters. The highest BCUT2D eigenvalue weighted by Crippen LogP contribution is 2.31. The molecule has 1 fully saturated rings. The molecule has 27 heavy (non-hydrogen) atoms. The van der Waals surface area contributed by atoms with E-state index in [2.05, 4.69) is 31.3 Å². The number of ether oxygens (including phenoxy) is 1. The monoisotopic (exact) mass is 373 g/mol. The summed E-state index contributed by atoms with van der Waals surface area (Å²) in [5, 5.41) is 21.5. The average molecular weight is 373 g/mol. The molecule has 1 aromatic rings. The van der Waals surface area contributed by atoms with Gasteiger partial charge in [-0.2, -0.15) is 5.26 Å². The van der Waals surface area contributed by atoms with Crippen LogP contribution in [0.1, 0.15) is 58.4 Å². The zero-order chi connectivity index (χ0) is 20.0. The number of hydrogen-bond acceptors (Lipinski definition) is 4. The van der Waals surface area contributed by atoms with Gasteiger partial charge in [0.2, 0.25) is 0 Å². The smallest absolute Gasteiger partial charge is 0.407 e. The Morgan fingerprint density at radius 1 is 1.41 bits per heavy atom. The van der Waals surface area contributed by atoms with Crippen molar-refractivity contribution >= 4 is 11.8 Å². The molecule has 1 aliphatic rings. The van der Waals surface area contributed by atoms with Crippen LogP contribution >= 0.6 is 0 Å². The number of hydrogen-bond donors (Lipinski definition) is 2.